The lowest BCUT2D eigenvalue weighted by atomic mass is 9.86. The molecule has 144 valence electrons. The first-order valence-corrected chi connectivity index (χ1v) is 9.65. The number of amides is 1. The van der Waals surface area contributed by atoms with E-state index in [-0.39, 0.29) is 17.9 Å². The third-order valence-electron chi connectivity index (χ3n) is 5.22. The van der Waals surface area contributed by atoms with Crippen LogP contribution in [-0.4, -0.2) is 40.7 Å². The minimum absolute atomic E-state index is 0.0895. The summed E-state index contributed by atoms with van der Waals surface area (Å²) in [4.78, 5) is 19.4. The molecule has 2 aromatic rings. The van der Waals surface area contributed by atoms with E-state index in [9.17, 15) is 9.90 Å². The molecule has 1 aliphatic rings. The van der Waals surface area contributed by atoms with Gasteiger partial charge < -0.3 is 14.7 Å². The molecule has 1 heterocycles. The summed E-state index contributed by atoms with van der Waals surface area (Å²) >= 11 is 0. The molecule has 27 heavy (non-hydrogen) atoms. The van der Waals surface area contributed by atoms with Gasteiger partial charge in [-0.05, 0) is 55.5 Å². The third-order valence-corrected chi connectivity index (χ3v) is 5.22. The fourth-order valence-corrected chi connectivity index (χ4v) is 3.66. The number of nitrogens with zero attached hydrogens (tertiary/aromatic N) is 2. The molecule has 5 nitrogen and oxygen atoms in total. The van der Waals surface area contributed by atoms with E-state index in [1.54, 1.807) is 13.3 Å². The van der Waals surface area contributed by atoms with Gasteiger partial charge in [-0.3, -0.25) is 9.78 Å². The Labute approximate surface area is 161 Å². The normalized spacial score (nSPS) is 19.5. The van der Waals surface area contributed by atoms with Gasteiger partial charge >= 0.3 is 0 Å². The lowest BCUT2D eigenvalue weighted by Crippen LogP contribution is -2.40. The maximum absolute atomic E-state index is 13.1. The molecule has 1 fully saturated rings. The number of aromatic nitrogens is 1. The van der Waals surface area contributed by atoms with Crippen LogP contribution in [0.3, 0.4) is 0 Å². The van der Waals surface area contributed by atoms with Crippen LogP contribution in [-0.2, 0) is 17.8 Å². The summed E-state index contributed by atoms with van der Waals surface area (Å²) in [6, 6.07) is 13.7. The van der Waals surface area contributed by atoms with Gasteiger partial charge in [0.2, 0.25) is 5.91 Å². The minimum Gasteiger partial charge on any atom is -0.497 e. The first-order chi connectivity index (χ1) is 13.2. The Balaban J connectivity index is 1.69. The highest BCUT2D eigenvalue weighted by Gasteiger charge is 2.29. The Hall–Kier alpha value is -2.40. The predicted octanol–water partition coefficient (Wildman–Crippen LogP) is 3.21. The van der Waals surface area contributed by atoms with Crippen molar-refractivity contribution in [1.29, 1.82) is 0 Å². The quantitative estimate of drug-likeness (QED) is 0.815. The molecule has 3 rings (SSSR count). The van der Waals surface area contributed by atoms with E-state index in [1.807, 2.05) is 47.4 Å². The number of hydrogen-bond donors (Lipinski definition) is 1. The molecule has 0 spiro atoms. The van der Waals surface area contributed by atoms with Crippen molar-refractivity contribution in [2.45, 2.75) is 44.8 Å². The molecule has 1 amide bonds. The summed E-state index contributed by atoms with van der Waals surface area (Å²) < 4.78 is 5.20. The number of methoxy groups -OCH3 is 1. The van der Waals surface area contributed by atoms with Crippen molar-refractivity contribution in [1.82, 2.24) is 9.88 Å². The molecule has 0 aliphatic heterocycles. The molecule has 0 bridgehead atoms. The van der Waals surface area contributed by atoms with Crippen molar-refractivity contribution in [3.63, 3.8) is 0 Å². The SMILES string of the molecule is COc1ccc(CCN(Cc2ccccn2)C(=O)[C@@H]2CCC[C@H](O)C2)cc1. The molecule has 1 aliphatic carbocycles. The van der Waals surface area contributed by atoms with E-state index in [0.29, 0.717) is 19.5 Å². The topological polar surface area (TPSA) is 62.7 Å². The number of ether oxygens (including phenoxy) is 1. The second kappa shape index (κ2) is 9.51. The van der Waals surface area contributed by atoms with Crippen LogP contribution in [0.4, 0.5) is 0 Å². The van der Waals surface area contributed by atoms with E-state index >= 15 is 0 Å². The molecule has 1 aromatic heterocycles. The van der Waals surface area contributed by atoms with Gasteiger partial charge in [0.1, 0.15) is 5.75 Å². The van der Waals surface area contributed by atoms with Gasteiger partial charge in [-0.1, -0.05) is 24.6 Å². The van der Waals surface area contributed by atoms with Crippen molar-refractivity contribution in [2.24, 2.45) is 5.92 Å². The molecule has 2 atom stereocenters. The Bertz CT molecular complexity index is 718. The van der Waals surface area contributed by atoms with Crippen molar-refractivity contribution in [3.05, 3.63) is 59.9 Å². The lowest BCUT2D eigenvalue weighted by molar-refractivity contribution is -0.138. The third kappa shape index (κ3) is 5.54. The van der Waals surface area contributed by atoms with Crippen molar-refractivity contribution in [2.75, 3.05) is 13.7 Å². The van der Waals surface area contributed by atoms with E-state index in [2.05, 4.69) is 4.98 Å². The summed E-state index contributed by atoms with van der Waals surface area (Å²) in [7, 11) is 1.65. The fraction of sp³-hybridized carbons (Fsp3) is 0.455. The minimum atomic E-state index is -0.356. The molecule has 5 heteroatoms. The highest BCUT2D eigenvalue weighted by molar-refractivity contribution is 5.79. The number of carbonyl (C=O) groups excluding carboxylic acids is 1. The molecule has 0 saturated heterocycles. The number of benzene rings is 1. The van der Waals surface area contributed by atoms with Crippen LogP contribution in [0.2, 0.25) is 0 Å². The number of aliphatic hydroxyl groups is 1. The van der Waals surface area contributed by atoms with Crippen LogP contribution in [0.25, 0.3) is 0 Å². The zero-order valence-corrected chi connectivity index (χ0v) is 15.9. The molecule has 1 saturated carbocycles. The second-order valence-corrected chi connectivity index (χ2v) is 7.20. The van der Waals surface area contributed by atoms with Crippen LogP contribution in [0.15, 0.2) is 48.7 Å². The summed E-state index contributed by atoms with van der Waals surface area (Å²) in [5.74, 6) is 0.873. The van der Waals surface area contributed by atoms with Crippen LogP contribution in [0.1, 0.15) is 36.9 Å². The Morgan fingerprint density at radius 2 is 2.04 bits per heavy atom. The van der Waals surface area contributed by atoms with Gasteiger partial charge in [-0.2, -0.15) is 0 Å². The van der Waals surface area contributed by atoms with Crippen LogP contribution >= 0.6 is 0 Å². The average molecular weight is 368 g/mol. The fourth-order valence-electron chi connectivity index (χ4n) is 3.66. The molecule has 0 unspecified atom stereocenters. The zero-order chi connectivity index (χ0) is 19.1. The van der Waals surface area contributed by atoms with E-state index < -0.39 is 0 Å². The highest BCUT2D eigenvalue weighted by Crippen LogP contribution is 2.26. The number of hydrogen-bond acceptors (Lipinski definition) is 4. The van der Waals surface area contributed by atoms with Gasteiger partial charge in [-0.25, -0.2) is 0 Å². The van der Waals surface area contributed by atoms with Crippen LogP contribution in [0.5, 0.6) is 5.75 Å². The molecule has 1 aromatic carbocycles. The monoisotopic (exact) mass is 368 g/mol. The molecule has 1 N–H and O–H groups in total. The highest BCUT2D eigenvalue weighted by atomic mass is 16.5. The zero-order valence-electron chi connectivity index (χ0n) is 15.9. The smallest absolute Gasteiger partial charge is 0.226 e. The Kier molecular flexibility index (Phi) is 6.82. The molecule has 0 radical (unpaired) electrons. The van der Waals surface area contributed by atoms with Gasteiger partial charge in [0.25, 0.3) is 0 Å². The number of carbonyl (C=O) groups is 1. The maximum atomic E-state index is 13.1. The van der Waals surface area contributed by atoms with Crippen molar-refractivity contribution >= 4 is 5.91 Å². The average Bonchev–Trinajstić information content (AvgIpc) is 2.71. The van der Waals surface area contributed by atoms with E-state index in [1.165, 1.54) is 5.56 Å². The Morgan fingerprint density at radius 3 is 2.70 bits per heavy atom. The lowest BCUT2D eigenvalue weighted by Gasteiger charge is -2.31. The largest absolute Gasteiger partial charge is 0.497 e. The number of pyridine rings is 1. The van der Waals surface area contributed by atoms with Crippen LogP contribution in [0, 0.1) is 5.92 Å². The second-order valence-electron chi connectivity index (χ2n) is 7.20. The van der Waals surface area contributed by atoms with Gasteiger partial charge in [0, 0.05) is 18.7 Å². The van der Waals surface area contributed by atoms with E-state index in [4.69, 9.17) is 4.74 Å². The first-order valence-electron chi connectivity index (χ1n) is 9.65. The van der Waals surface area contributed by atoms with E-state index in [0.717, 1.165) is 37.1 Å². The predicted molar refractivity (Wildman–Crippen MR) is 104 cm³/mol. The van der Waals surface area contributed by atoms with Gasteiger partial charge in [-0.15, -0.1) is 0 Å². The molecular formula is C22H28N2O3. The Morgan fingerprint density at radius 1 is 1.22 bits per heavy atom. The van der Waals surface area contributed by atoms with Crippen LogP contribution < -0.4 is 4.74 Å². The standard InChI is InChI=1S/C22H28N2O3/c1-27-21-10-8-17(9-11-21)12-14-24(16-19-6-2-3-13-23-19)22(26)18-5-4-7-20(25)15-18/h2-3,6,8-11,13,18,20,25H,4-5,7,12,14-16H2,1H3/t18-,20+/m1/s1. The number of aliphatic hydroxyl groups excluding tert-OH is 1. The van der Waals surface area contributed by atoms with Gasteiger partial charge in [0.15, 0.2) is 0 Å². The maximum Gasteiger partial charge on any atom is 0.226 e. The first kappa shape index (κ1) is 19.4. The number of rotatable bonds is 7. The summed E-state index contributed by atoms with van der Waals surface area (Å²) in [5, 5.41) is 9.96. The summed E-state index contributed by atoms with van der Waals surface area (Å²) in [6.07, 6.45) is 5.32. The molecular weight excluding hydrogens is 340 g/mol. The summed E-state index contributed by atoms with van der Waals surface area (Å²) in [6.45, 7) is 1.14. The van der Waals surface area contributed by atoms with Crippen molar-refractivity contribution < 1.29 is 14.6 Å². The summed E-state index contributed by atoms with van der Waals surface area (Å²) in [5.41, 5.74) is 2.05. The van der Waals surface area contributed by atoms with Crippen molar-refractivity contribution in [3.8, 4) is 5.75 Å². The van der Waals surface area contributed by atoms with Gasteiger partial charge in [0.05, 0.1) is 25.5 Å².